The number of para-hydroxylation sites is 1. The van der Waals surface area contributed by atoms with E-state index >= 15 is 0 Å². The van der Waals surface area contributed by atoms with Gasteiger partial charge in [-0.1, -0.05) is 12.1 Å². The summed E-state index contributed by atoms with van der Waals surface area (Å²) in [7, 11) is 1.87. The van der Waals surface area contributed by atoms with E-state index in [0.717, 1.165) is 10.9 Å². The minimum Gasteiger partial charge on any atom is -0.397 e. The molecule has 2 rings (SSSR count). The third-order valence-corrected chi connectivity index (χ3v) is 2.26. The zero-order valence-electron chi connectivity index (χ0n) is 7.42. The Bertz CT molecular complexity index is 445. The molecule has 2 aromatic rings. The number of anilines is 1. The lowest BCUT2D eigenvalue weighted by Gasteiger charge is -1.99. The van der Waals surface area contributed by atoms with Gasteiger partial charge in [0.05, 0.1) is 11.2 Å². The van der Waals surface area contributed by atoms with Crippen LogP contribution in [0.1, 0.15) is 5.56 Å². The minimum atomic E-state index is -0.444. The molecule has 1 heterocycles. The van der Waals surface area contributed by atoms with Crippen molar-refractivity contribution in [3.8, 4) is 0 Å². The average molecular weight is 178 g/mol. The van der Waals surface area contributed by atoms with Crippen LogP contribution in [0.5, 0.6) is 0 Å². The zero-order valence-corrected chi connectivity index (χ0v) is 7.42. The number of nitrogens with two attached hydrogens (primary N) is 1. The molecule has 0 aliphatic carbocycles. The Morgan fingerprint density at radius 3 is 2.92 bits per heavy atom. The number of hydrogen-bond acceptors (Lipinski definition) is 1. The van der Waals surface area contributed by atoms with Gasteiger partial charge >= 0.3 is 0 Å². The first-order chi connectivity index (χ1) is 6.24. The third kappa shape index (κ3) is 1.08. The molecule has 0 amide bonds. The van der Waals surface area contributed by atoms with Crippen LogP contribution in [0.15, 0.2) is 24.4 Å². The van der Waals surface area contributed by atoms with E-state index in [4.69, 9.17) is 5.73 Å². The van der Waals surface area contributed by atoms with Crippen LogP contribution in [-0.4, -0.2) is 4.57 Å². The number of hydrogen-bond donors (Lipinski definition) is 1. The highest BCUT2D eigenvalue weighted by molar-refractivity contribution is 5.93. The van der Waals surface area contributed by atoms with Gasteiger partial charge in [-0.15, -0.1) is 0 Å². The number of aromatic nitrogens is 1. The van der Waals surface area contributed by atoms with E-state index in [1.807, 2.05) is 29.8 Å². The second kappa shape index (κ2) is 2.76. The van der Waals surface area contributed by atoms with E-state index in [9.17, 15) is 4.39 Å². The van der Waals surface area contributed by atoms with Crippen molar-refractivity contribution < 1.29 is 4.39 Å². The van der Waals surface area contributed by atoms with Crippen LogP contribution in [0.25, 0.3) is 10.9 Å². The Kier molecular flexibility index (Phi) is 1.72. The van der Waals surface area contributed by atoms with Crippen LogP contribution >= 0.6 is 0 Å². The largest absolute Gasteiger partial charge is 0.397 e. The number of alkyl halides is 1. The van der Waals surface area contributed by atoms with Gasteiger partial charge in [0, 0.05) is 24.2 Å². The van der Waals surface area contributed by atoms with Crippen LogP contribution in [0, 0.1) is 0 Å². The van der Waals surface area contributed by atoms with Crippen LogP contribution in [0.4, 0.5) is 10.1 Å². The molecule has 0 aliphatic heterocycles. The van der Waals surface area contributed by atoms with Gasteiger partial charge in [-0.3, -0.25) is 0 Å². The fourth-order valence-electron chi connectivity index (χ4n) is 1.69. The highest BCUT2D eigenvalue weighted by atomic mass is 19.1. The maximum Gasteiger partial charge on any atom is 0.117 e. The molecule has 0 fully saturated rings. The van der Waals surface area contributed by atoms with E-state index in [1.165, 1.54) is 0 Å². The topological polar surface area (TPSA) is 30.9 Å². The summed E-state index contributed by atoms with van der Waals surface area (Å²) in [6, 6.07) is 5.56. The quantitative estimate of drug-likeness (QED) is 0.667. The van der Waals surface area contributed by atoms with Crippen molar-refractivity contribution in [2.45, 2.75) is 6.67 Å². The van der Waals surface area contributed by atoms with E-state index < -0.39 is 6.67 Å². The summed E-state index contributed by atoms with van der Waals surface area (Å²) in [5.41, 5.74) is 8.09. The molecule has 2 nitrogen and oxygen atoms in total. The van der Waals surface area contributed by atoms with E-state index in [0.29, 0.717) is 11.3 Å². The van der Waals surface area contributed by atoms with Gasteiger partial charge in [0.1, 0.15) is 6.67 Å². The number of nitrogens with zero attached hydrogens (tertiary/aromatic N) is 1. The van der Waals surface area contributed by atoms with E-state index in [1.54, 1.807) is 6.20 Å². The molecule has 0 spiro atoms. The maximum absolute atomic E-state index is 12.5. The van der Waals surface area contributed by atoms with Crippen molar-refractivity contribution in [1.29, 1.82) is 0 Å². The predicted molar refractivity (Wildman–Crippen MR) is 52.1 cm³/mol. The summed E-state index contributed by atoms with van der Waals surface area (Å²) in [5.74, 6) is 0. The van der Waals surface area contributed by atoms with Crippen LogP contribution < -0.4 is 5.73 Å². The number of benzene rings is 1. The highest BCUT2D eigenvalue weighted by Crippen LogP contribution is 2.25. The van der Waals surface area contributed by atoms with Crippen LogP contribution in [-0.2, 0) is 13.7 Å². The lowest BCUT2D eigenvalue weighted by Crippen LogP contribution is -1.91. The van der Waals surface area contributed by atoms with Crippen molar-refractivity contribution >= 4 is 16.6 Å². The van der Waals surface area contributed by atoms with Crippen LogP contribution in [0.2, 0.25) is 0 Å². The normalized spacial score (nSPS) is 10.9. The summed E-state index contributed by atoms with van der Waals surface area (Å²) in [5, 5.41) is 0.907. The summed E-state index contributed by atoms with van der Waals surface area (Å²) in [4.78, 5) is 0. The molecule has 0 saturated heterocycles. The van der Waals surface area contributed by atoms with Gasteiger partial charge in [0.25, 0.3) is 0 Å². The lowest BCUT2D eigenvalue weighted by molar-refractivity contribution is 0.487. The Morgan fingerprint density at radius 2 is 2.23 bits per heavy atom. The molecule has 1 aromatic heterocycles. The molecule has 68 valence electrons. The Balaban J connectivity index is 2.87. The minimum absolute atomic E-state index is 0.444. The lowest BCUT2D eigenvalue weighted by atomic mass is 10.2. The molecule has 2 N–H and O–H groups in total. The molecule has 3 heteroatoms. The Labute approximate surface area is 75.8 Å². The second-order valence-electron chi connectivity index (χ2n) is 3.14. The van der Waals surface area contributed by atoms with Gasteiger partial charge < -0.3 is 10.3 Å². The number of rotatable bonds is 1. The molecule has 0 radical (unpaired) electrons. The smallest absolute Gasteiger partial charge is 0.117 e. The standard InChI is InChI=1S/C10H11FN2/c1-13-6-7(5-11)8-3-2-4-9(12)10(8)13/h2-4,6H,5,12H2,1H3. The van der Waals surface area contributed by atoms with Gasteiger partial charge in [-0.25, -0.2) is 4.39 Å². The van der Waals surface area contributed by atoms with Crippen molar-refractivity contribution in [2.24, 2.45) is 7.05 Å². The van der Waals surface area contributed by atoms with Gasteiger partial charge in [-0.05, 0) is 6.07 Å². The molecule has 1 aromatic carbocycles. The van der Waals surface area contributed by atoms with Gasteiger partial charge in [0.2, 0.25) is 0 Å². The van der Waals surface area contributed by atoms with Crippen LogP contribution in [0.3, 0.4) is 0 Å². The molecule has 13 heavy (non-hydrogen) atoms. The first kappa shape index (κ1) is 8.10. The average Bonchev–Trinajstić information content (AvgIpc) is 2.44. The fraction of sp³-hybridized carbons (Fsp3) is 0.200. The van der Waals surface area contributed by atoms with Crippen molar-refractivity contribution in [3.63, 3.8) is 0 Å². The van der Waals surface area contributed by atoms with Crippen molar-refractivity contribution in [3.05, 3.63) is 30.0 Å². The number of aryl methyl sites for hydroxylation is 1. The highest BCUT2D eigenvalue weighted by Gasteiger charge is 2.07. The summed E-state index contributed by atoms with van der Waals surface area (Å²) >= 11 is 0. The molecular formula is C10H11FN2. The molecule has 0 saturated carbocycles. The Morgan fingerprint density at radius 1 is 1.46 bits per heavy atom. The maximum atomic E-state index is 12.5. The van der Waals surface area contributed by atoms with Crippen molar-refractivity contribution in [1.82, 2.24) is 4.57 Å². The van der Waals surface area contributed by atoms with Crippen molar-refractivity contribution in [2.75, 3.05) is 5.73 Å². The van der Waals surface area contributed by atoms with E-state index in [2.05, 4.69) is 0 Å². The summed E-state index contributed by atoms with van der Waals surface area (Å²) in [6.45, 7) is -0.444. The molecule has 0 aliphatic rings. The third-order valence-electron chi connectivity index (χ3n) is 2.26. The van der Waals surface area contributed by atoms with Gasteiger partial charge in [-0.2, -0.15) is 0 Å². The molecule has 0 bridgehead atoms. The SMILES string of the molecule is Cn1cc(CF)c2cccc(N)c21. The summed E-state index contributed by atoms with van der Waals surface area (Å²) < 4.78 is 14.4. The molecule has 0 atom stereocenters. The number of nitrogen functional groups attached to an aromatic ring is 1. The molecular weight excluding hydrogens is 167 g/mol. The first-order valence-corrected chi connectivity index (χ1v) is 4.12. The second-order valence-corrected chi connectivity index (χ2v) is 3.14. The number of halogens is 1. The number of fused-ring (bicyclic) bond motifs is 1. The van der Waals surface area contributed by atoms with Gasteiger partial charge in [0.15, 0.2) is 0 Å². The first-order valence-electron chi connectivity index (χ1n) is 4.12. The van der Waals surface area contributed by atoms with E-state index in [-0.39, 0.29) is 0 Å². The fourth-order valence-corrected chi connectivity index (χ4v) is 1.69. The zero-order chi connectivity index (χ0) is 9.42. The monoisotopic (exact) mass is 178 g/mol. The summed E-state index contributed by atoms with van der Waals surface area (Å²) in [6.07, 6.45) is 1.78. The Hall–Kier alpha value is -1.51. The molecule has 0 unspecified atom stereocenters. The predicted octanol–water partition coefficient (Wildman–Crippen LogP) is 2.23.